The molecule has 0 amide bonds. The van der Waals surface area contributed by atoms with Crippen molar-refractivity contribution in [3.05, 3.63) is 171 Å². The zero-order valence-electron chi connectivity index (χ0n) is 28.1. The van der Waals surface area contributed by atoms with Crippen LogP contribution in [0.5, 0.6) is 0 Å². The fourth-order valence-corrected chi connectivity index (χ4v) is 12.2. The van der Waals surface area contributed by atoms with Gasteiger partial charge in [-0.15, -0.1) is 0 Å². The highest BCUT2D eigenvalue weighted by Crippen LogP contribution is 2.67. The summed E-state index contributed by atoms with van der Waals surface area (Å²) in [6.07, 6.45) is 16.7. The van der Waals surface area contributed by atoms with E-state index in [2.05, 4.69) is 142 Å². The lowest BCUT2D eigenvalue weighted by atomic mass is 9.67. The molecule has 5 aliphatic carbocycles. The highest BCUT2D eigenvalue weighted by molar-refractivity contribution is 6.16. The van der Waals surface area contributed by atoms with Crippen molar-refractivity contribution in [2.45, 2.75) is 37.0 Å². The van der Waals surface area contributed by atoms with Gasteiger partial charge in [0.25, 0.3) is 0 Å². The molecule has 0 bridgehead atoms. The van der Waals surface area contributed by atoms with Gasteiger partial charge in [0, 0.05) is 44.3 Å². The Kier molecular flexibility index (Phi) is 4.35. The second kappa shape index (κ2) is 8.53. The number of allylic oxidation sites excluding steroid dienone is 5. The molecule has 2 unspecified atom stereocenters. The molecule has 0 N–H and O–H groups in total. The number of rotatable bonds is 0. The van der Waals surface area contributed by atoms with Crippen molar-refractivity contribution in [2.75, 3.05) is 0 Å². The minimum atomic E-state index is -0.368. The van der Waals surface area contributed by atoms with E-state index >= 15 is 0 Å². The van der Waals surface area contributed by atoms with E-state index in [1.807, 2.05) is 0 Å². The van der Waals surface area contributed by atoms with Crippen molar-refractivity contribution in [3.63, 3.8) is 0 Å². The molecule has 5 aromatic carbocycles. The Morgan fingerprint density at radius 3 is 2.37 bits per heavy atom. The summed E-state index contributed by atoms with van der Waals surface area (Å²) < 4.78 is 5.28. The maximum absolute atomic E-state index is 2.68. The lowest BCUT2D eigenvalue weighted by Gasteiger charge is -2.34. The number of hydrogen-bond acceptors (Lipinski definition) is 0. The van der Waals surface area contributed by atoms with Crippen molar-refractivity contribution in [1.82, 2.24) is 8.97 Å². The van der Waals surface area contributed by atoms with Crippen molar-refractivity contribution >= 4 is 61.5 Å². The number of para-hydroxylation sites is 2. The Balaban J connectivity index is 1.20. The first-order valence-corrected chi connectivity index (χ1v) is 18.8. The van der Waals surface area contributed by atoms with Crippen molar-refractivity contribution < 1.29 is 0 Å². The average molecular weight is 649 g/mol. The zero-order chi connectivity index (χ0) is 32.7. The van der Waals surface area contributed by atoms with Crippen LogP contribution in [0.3, 0.4) is 0 Å². The van der Waals surface area contributed by atoms with E-state index in [-0.39, 0.29) is 5.41 Å². The van der Waals surface area contributed by atoms with Crippen LogP contribution in [0.4, 0.5) is 0 Å². The minimum absolute atomic E-state index is 0.298. The standard InChI is InChI=1S/C49H32N2/c1-5-19-38-27(11-1)28-12-2-6-20-39(28)49(38)40-26-44-37(34-17-9-15-32-29-13-4-8-22-42(29)51(44)47(32)34)25-36(40)31-23-24-43-45(46(31)49)35-18-10-16-33-30-14-3-7-21-41(30)50(43)48(33)35/h1-9,11-13,15,17-24,26,30,36H,10,14,16,25H2. The average Bonchev–Trinajstić information content (AvgIpc) is 4.01. The summed E-state index contributed by atoms with van der Waals surface area (Å²) in [6, 6.07) is 39.8. The van der Waals surface area contributed by atoms with Gasteiger partial charge < -0.3 is 8.97 Å². The van der Waals surface area contributed by atoms with Gasteiger partial charge in [-0.05, 0) is 100 Å². The largest absolute Gasteiger partial charge is 0.312 e. The van der Waals surface area contributed by atoms with E-state index in [9.17, 15) is 0 Å². The Bertz CT molecular complexity index is 3160. The topological polar surface area (TPSA) is 9.34 Å². The third-order valence-electron chi connectivity index (χ3n) is 13.9. The number of benzene rings is 5. The van der Waals surface area contributed by atoms with Crippen LogP contribution in [-0.2, 0) is 11.8 Å². The fourth-order valence-electron chi connectivity index (χ4n) is 12.2. The summed E-state index contributed by atoms with van der Waals surface area (Å²) in [4.78, 5) is 0. The third-order valence-corrected chi connectivity index (χ3v) is 13.9. The van der Waals surface area contributed by atoms with E-state index in [1.165, 1.54) is 99.9 Å². The van der Waals surface area contributed by atoms with E-state index in [4.69, 9.17) is 0 Å². The van der Waals surface area contributed by atoms with Crippen LogP contribution in [0, 0.1) is 5.92 Å². The molecule has 1 aliphatic heterocycles. The van der Waals surface area contributed by atoms with Crippen LogP contribution in [0.15, 0.2) is 127 Å². The van der Waals surface area contributed by atoms with Crippen molar-refractivity contribution in [1.29, 1.82) is 0 Å². The molecule has 14 rings (SSSR count). The van der Waals surface area contributed by atoms with Gasteiger partial charge in [0.15, 0.2) is 0 Å². The molecular formula is C49H32N2. The molecule has 238 valence electrons. The van der Waals surface area contributed by atoms with Crippen LogP contribution in [0.1, 0.15) is 58.7 Å². The van der Waals surface area contributed by atoms with Gasteiger partial charge >= 0.3 is 0 Å². The summed E-state index contributed by atoms with van der Waals surface area (Å²) >= 11 is 0. The van der Waals surface area contributed by atoms with Gasteiger partial charge in [0.1, 0.15) is 0 Å². The van der Waals surface area contributed by atoms with Crippen LogP contribution in [0.25, 0.3) is 72.6 Å². The highest BCUT2D eigenvalue weighted by Gasteiger charge is 2.57. The molecule has 3 aromatic heterocycles. The predicted molar refractivity (Wildman–Crippen MR) is 210 cm³/mol. The maximum atomic E-state index is 2.68. The highest BCUT2D eigenvalue weighted by atomic mass is 15.0. The van der Waals surface area contributed by atoms with E-state index < -0.39 is 0 Å². The summed E-state index contributed by atoms with van der Waals surface area (Å²) in [7, 11) is 0. The normalized spacial score (nSPS) is 21.1. The lowest BCUT2D eigenvalue weighted by molar-refractivity contribution is 0.706. The quantitative estimate of drug-likeness (QED) is 0.155. The molecule has 6 aliphatic rings. The monoisotopic (exact) mass is 648 g/mol. The first-order chi connectivity index (χ1) is 25.3. The SMILES string of the molecule is C1=CCC2C(=C1)n1c3c(c4c5c(ccc41)C1Cc4c(n6c7ccccc7c7cccc4c76)C=C1C51c4ccccc4-c4ccccc41)=CCCC=32. The molecule has 0 saturated carbocycles. The second-order valence-electron chi connectivity index (χ2n) is 15.7. The van der Waals surface area contributed by atoms with Crippen LogP contribution in [-0.4, -0.2) is 8.97 Å². The molecule has 2 atom stereocenters. The molecule has 1 spiro atoms. The number of hydrogen-bond donors (Lipinski definition) is 0. The smallest absolute Gasteiger partial charge is 0.0693 e. The van der Waals surface area contributed by atoms with E-state index in [1.54, 1.807) is 16.7 Å². The minimum Gasteiger partial charge on any atom is -0.312 e. The Morgan fingerprint density at radius 2 is 1.49 bits per heavy atom. The van der Waals surface area contributed by atoms with Crippen LogP contribution >= 0.6 is 0 Å². The predicted octanol–water partition coefficient (Wildman–Crippen LogP) is 9.85. The summed E-state index contributed by atoms with van der Waals surface area (Å²) in [6.45, 7) is 0. The van der Waals surface area contributed by atoms with Crippen molar-refractivity contribution in [3.8, 4) is 11.1 Å². The molecule has 51 heavy (non-hydrogen) atoms. The van der Waals surface area contributed by atoms with Gasteiger partial charge in [-0.2, -0.15) is 0 Å². The Morgan fingerprint density at radius 1 is 0.706 bits per heavy atom. The molecular weight excluding hydrogens is 617 g/mol. The molecule has 8 aromatic rings. The number of fused-ring (bicyclic) bond motifs is 23. The number of nitrogens with zero attached hydrogens (tertiary/aromatic N) is 2. The second-order valence-corrected chi connectivity index (χ2v) is 15.7. The summed E-state index contributed by atoms with van der Waals surface area (Å²) in [5.74, 6) is 0.815. The third kappa shape index (κ3) is 2.68. The molecule has 0 fully saturated rings. The first kappa shape index (κ1) is 26.0. The maximum Gasteiger partial charge on any atom is 0.0693 e. The van der Waals surface area contributed by atoms with Crippen molar-refractivity contribution in [2.24, 2.45) is 5.92 Å². The zero-order valence-corrected chi connectivity index (χ0v) is 28.1. The van der Waals surface area contributed by atoms with Gasteiger partial charge in [0.2, 0.25) is 0 Å². The van der Waals surface area contributed by atoms with Gasteiger partial charge in [-0.1, -0.05) is 109 Å². The molecule has 0 radical (unpaired) electrons. The van der Waals surface area contributed by atoms with E-state index in [0.29, 0.717) is 11.8 Å². The Hall–Kier alpha value is -5.86. The molecule has 2 heteroatoms. The van der Waals surface area contributed by atoms with Gasteiger partial charge in [-0.25, -0.2) is 0 Å². The Labute approximate surface area is 294 Å². The first-order valence-electron chi connectivity index (χ1n) is 18.8. The summed E-state index contributed by atoms with van der Waals surface area (Å²) in [5.41, 5.74) is 20.0. The van der Waals surface area contributed by atoms with Gasteiger partial charge in [0.05, 0.1) is 33.0 Å². The molecule has 2 nitrogen and oxygen atoms in total. The lowest BCUT2D eigenvalue weighted by Crippen LogP contribution is -2.32. The summed E-state index contributed by atoms with van der Waals surface area (Å²) in [5, 5.41) is 8.61. The molecule has 4 heterocycles. The fraction of sp³-hybridized carbons (Fsp3) is 0.143. The molecule has 0 saturated heterocycles. The van der Waals surface area contributed by atoms with E-state index in [0.717, 1.165) is 19.3 Å². The van der Waals surface area contributed by atoms with Crippen LogP contribution in [0.2, 0.25) is 0 Å². The number of aromatic nitrogens is 2. The van der Waals surface area contributed by atoms with Crippen LogP contribution < -0.4 is 10.6 Å². The van der Waals surface area contributed by atoms with Gasteiger partial charge in [-0.3, -0.25) is 0 Å².